The summed E-state index contributed by atoms with van der Waals surface area (Å²) in [4.78, 5) is 13.1. The summed E-state index contributed by atoms with van der Waals surface area (Å²) in [6.45, 7) is 3.43. The van der Waals surface area contributed by atoms with Crippen molar-refractivity contribution in [1.82, 2.24) is 5.32 Å². The highest BCUT2D eigenvalue weighted by Crippen LogP contribution is 2.23. The number of nitrogens with one attached hydrogen (secondary N) is 1. The summed E-state index contributed by atoms with van der Waals surface area (Å²) in [7, 11) is 0. The third-order valence-corrected chi connectivity index (χ3v) is 12.5. The van der Waals surface area contributed by atoms with Crippen LogP contribution in [0.2, 0.25) is 0 Å². The van der Waals surface area contributed by atoms with E-state index in [-0.39, 0.29) is 12.8 Å². The van der Waals surface area contributed by atoms with Gasteiger partial charge in [0.1, 0.15) is 36.6 Å². The third kappa shape index (κ3) is 29.9. The number of carbonyl (C=O) groups is 1. The molecular formula is C51H97NO10. The molecule has 9 unspecified atom stereocenters. The molecule has 62 heavy (non-hydrogen) atoms. The van der Waals surface area contributed by atoms with Crippen molar-refractivity contribution in [2.75, 3.05) is 13.2 Å². The number of allylic oxidation sites excluding steroid dienone is 4. The lowest BCUT2D eigenvalue weighted by atomic mass is 9.98. The highest BCUT2D eigenvalue weighted by atomic mass is 16.7. The Balaban J connectivity index is 2.39. The van der Waals surface area contributed by atoms with Crippen LogP contribution in [0.25, 0.3) is 0 Å². The van der Waals surface area contributed by atoms with E-state index in [0.29, 0.717) is 19.3 Å². The molecule has 366 valence electrons. The fraction of sp³-hybridized carbons (Fsp3) is 0.902. The first-order valence-corrected chi connectivity index (χ1v) is 25.7. The molecule has 8 N–H and O–H groups in total. The van der Waals surface area contributed by atoms with Gasteiger partial charge in [0.05, 0.1) is 25.4 Å². The first-order valence-electron chi connectivity index (χ1n) is 25.7. The molecule has 11 heteroatoms. The van der Waals surface area contributed by atoms with Crippen molar-refractivity contribution in [2.45, 2.75) is 281 Å². The van der Waals surface area contributed by atoms with Crippen molar-refractivity contribution in [3.05, 3.63) is 24.3 Å². The van der Waals surface area contributed by atoms with E-state index < -0.39 is 74.2 Å². The maximum atomic E-state index is 13.1. The smallest absolute Gasteiger partial charge is 0.249 e. The topological polar surface area (TPSA) is 189 Å². The minimum absolute atomic E-state index is 0.248. The molecule has 0 aromatic rings. The van der Waals surface area contributed by atoms with E-state index in [1.54, 1.807) is 0 Å². The standard InChI is InChI=1S/C51H97NO10/c1-3-5-7-9-11-13-15-17-18-19-20-21-22-23-24-25-26-27-29-30-32-34-36-38-43(54)46(56)42(41-61-51-49(59)48(58)47(57)45(40-53)62-51)52-50(60)44(55)39-37-35-33-31-28-16-14-12-10-8-6-4-2/h25-26,30,32,42-49,51,53-59H,3-24,27-29,31,33-41H2,1-2H3,(H,52,60)/b26-25+,32-30+. The minimum atomic E-state index is -1.67. The van der Waals surface area contributed by atoms with Gasteiger partial charge in [0.2, 0.25) is 5.91 Å². The van der Waals surface area contributed by atoms with Gasteiger partial charge >= 0.3 is 0 Å². The Morgan fingerprint density at radius 2 is 0.968 bits per heavy atom. The molecule has 1 heterocycles. The molecule has 1 rings (SSSR count). The number of rotatable bonds is 43. The van der Waals surface area contributed by atoms with Crippen molar-refractivity contribution in [3.8, 4) is 0 Å². The molecule has 1 fully saturated rings. The summed E-state index contributed by atoms with van der Waals surface area (Å²) in [5, 5.41) is 75.7. The number of aliphatic hydroxyl groups excluding tert-OH is 7. The number of hydrogen-bond donors (Lipinski definition) is 8. The van der Waals surface area contributed by atoms with Gasteiger partial charge in [0, 0.05) is 0 Å². The van der Waals surface area contributed by atoms with Gasteiger partial charge in [-0.25, -0.2) is 0 Å². The van der Waals surface area contributed by atoms with Gasteiger partial charge in [-0.15, -0.1) is 0 Å². The largest absolute Gasteiger partial charge is 0.394 e. The Morgan fingerprint density at radius 3 is 1.44 bits per heavy atom. The second-order valence-electron chi connectivity index (χ2n) is 18.2. The summed E-state index contributed by atoms with van der Waals surface area (Å²) in [6, 6.07) is -1.19. The van der Waals surface area contributed by atoms with Gasteiger partial charge in [0.25, 0.3) is 0 Å². The van der Waals surface area contributed by atoms with Crippen LogP contribution in [0.1, 0.15) is 226 Å². The minimum Gasteiger partial charge on any atom is -0.394 e. The second-order valence-corrected chi connectivity index (χ2v) is 18.2. The maximum Gasteiger partial charge on any atom is 0.249 e. The number of carbonyl (C=O) groups excluding carboxylic acids is 1. The van der Waals surface area contributed by atoms with Crippen molar-refractivity contribution in [3.63, 3.8) is 0 Å². The number of hydrogen-bond acceptors (Lipinski definition) is 10. The fourth-order valence-corrected chi connectivity index (χ4v) is 8.22. The van der Waals surface area contributed by atoms with Crippen LogP contribution in [-0.4, -0.2) is 110 Å². The average molecular weight is 884 g/mol. The first kappa shape index (κ1) is 58.6. The molecule has 9 atom stereocenters. The zero-order chi connectivity index (χ0) is 45.5. The molecule has 1 saturated heterocycles. The predicted octanol–water partition coefficient (Wildman–Crippen LogP) is 9.40. The predicted molar refractivity (Wildman–Crippen MR) is 252 cm³/mol. The van der Waals surface area contributed by atoms with Gasteiger partial charge < -0.3 is 50.5 Å². The molecule has 0 aromatic heterocycles. The lowest BCUT2D eigenvalue weighted by molar-refractivity contribution is -0.303. The monoisotopic (exact) mass is 884 g/mol. The van der Waals surface area contributed by atoms with Crippen molar-refractivity contribution >= 4 is 5.91 Å². The van der Waals surface area contributed by atoms with Gasteiger partial charge in [-0.2, -0.15) is 0 Å². The summed E-state index contributed by atoms with van der Waals surface area (Å²) in [6.07, 6.45) is 35.2. The molecule has 1 amide bonds. The Morgan fingerprint density at radius 1 is 0.548 bits per heavy atom. The van der Waals surface area contributed by atoms with Crippen LogP contribution in [0.3, 0.4) is 0 Å². The summed E-state index contributed by atoms with van der Waals surface area (Å²) < 4.78 is 11.1. The van der Waals surface area contributed by atoms with Crippen LogP contribution in [-0.2, 0) is 14.3 Å². The van der Waals surface area contributed by atoms with Crippen LogP contribution in [0.15, 0.2) is 24.3 Å². The highest BCUT2D eigenvalue weighted by molar-refractivity contribution is 5.80. The second kappa shape index (κ2) is 41.1. The lowest BCUT2D eigenvalue weighted by Gasteiger charge is -2.40. The molecule has 1 aliphatic heterocycles. The molecule has 1 aliphatic rings. The van der Waals surface area contributed by atoms with Crippen LogP contribution in [0.4, 0.5) is 0 Å². The Hall–Kier alpha value is -1.41. The number of aliphatic hydroxyl groups is 7. The van der Waals surface area contributed by atoms with Crippen molar-refractivity contribution < 1.29 is 50.0 Å². The zero-order valence-corrected chi connectivity index (χ0v) is 39.6. The molecule has 0 saturated carbocycles. The van der Waals surface area contributed by atoms with Crippen LogP contribution >= 0.6 is 0 Å². The Kier molecular flexibility index (Phi) is 38.8. The zero-order valence-electron chi connectivity index (χ0n) is 39.6. The van der Waals surface area contributed by atoms with Gasteiger partial charge in [0.15, 0.2) is 6.29 Å². The average Bonchev–Trinajstić information content (AvgIpc) is 3.27. The van der Waals surface area contributed by atoms with E-state index in [1.807, 2.05) is 0 Å². The molecule has 0 radical (unpaired) electrons. The lowest BCUT2D eigenvalue weighted by Crippen LogP contribution is -2.60. The Bertz CT molecular complexity index is 1060. The van der Waals surface area contributed by atoms with E-state index in [1.165, 1.54) is 141 Å². The summed E-state index contributed by atoms with van der Waals surface area (Å²) in [5.41, 5.74) is 0. The van der Waals surface area contributed by atoms with Crippen LogP contribution in [0.5, 0.6) is 0 Å². The molecule has 0 spiro atoms. The summed E-state index contributed by atoms with van der Waals surface area (Å²) >= 11 is 0. The summed E-state index contributed by atoms with van der Waals surface area (Å²) in [5.74, 6) is -0.710. The van der Waals surface area contributed by atoms with Gasteiger partial charge in [-0.1, -0.05) is 199 Å². The first-order chi connectivity index (χ1) is 30.2. The normalized spacial score (nSPS) is 21.5. The fourth-order valence-electron chi connectivity index (χ4n) is 8.22. The van der Waals surface area contributed by atoms with Crippen molar-refractivity contribution in [1.29, 1.82) is 0 Å². The van der Waals surface area contributed by atoms with E-state index >= 15 is 0 Å². The van der Waals surface area contributed by atoms with Crippen LogP contribution < -0.4 is 5.32 Å². The molecule has 0 bridgehead atoms. The number of ether oxygens (including phenoxy) is 2. The quantitative estimate of drug-likeness (QED) is 0.0216. The Labute approximate surface area is 378 Å². The van der Waals surface area contributed by atoms with E-state index in [0.717, 1.165) is 38.5 Å². The molecule has 11 nitrogen and oxygen atoms in total. The molecular weight excluding hydrogens is 787 g/mol. The maximum absolute atomic E-state index is 13.1. The third-order valence-electron chi connectivity index (χ3n) is 12.5. The van der Waals surface area contributed by atoms with E-state index in [9.17, 15) is 40.5 Å². The van der Waals surface area contributed by atoms with Gasteiger partial charge in [-0.05, 0) is 51.4 Å². The molecule has 0 aromatic carbocycles. The van der Waals surface area contributed by atoms with Crippen molar-refractivity contribution in [2.24, 2.45) is 0 Å². The van der Waals surface area contributed by atoms with E-state index in [4.69, 9.17) is 9.47 Å². The number of unbranched alkanes of at least 4 members (excludes halogenated alkanes) is 27. The molecule has 0 aliphatic carbocycles. The van der Waals surface area contributed by atoms with E-state index in [2.05, 4.69) is 43.5 Å². The van der Waals surface area contributed by atoms with Gasteiger partial charge in [-0.3, -0.25) is 4.79 Å². The highest BCUT2D eigenvalue weighted by Gasteiger charge is 2.44. The van der Waals surface area contributed by atoms with Crippen LogP contribution in [0, 0.1) is 0 Å². The number of amides is 1. The SMILES string of the molecule is CCCCCCCCCCCCCCCC/C=C/CC/C=C/CCCC(O)C(O)C(COC1OC(CO)C(O)C(O)C1O)NC(=O)C(O)CCCCCCCCCCCCCC.